The molecule has 0 bridgehead atoms. The van der Waals surface area contributed by atoms with E-state index in [4.69, 9.17) is 4.74 Å². The van der Waals surface area contributed by atoms with E-state index in [2.05, 4.69) is 28.1 Å². The van der Waals surface area contributed by atoms with Gasteiger partial charge in [0.2, 0.25) is 0 Å². The van der Waals surface area contributed by atoms with E-state index in [1.165, 1.54) is 29.8 Å². The Morgan fingerprint density at radius 2 is 1.73 bits per heavy atom. The molecule has 0 saturated carbocycles. The number of non-ortho nitro benzene ring substituents is 1. The summed E-state index contributed by atoms with van der Waals surface area (Å²) in [5.41, 5.74) is 3.21. The normalized spacial score (nSPS) is 10.7. The number of carbonyl (C=O) groups is 1. The molecule has 3 aromatic carbocycles. The molecular weight excluding hydrogens is 382 g/mol. The molecule has 1 N–H and O–H groups in total. The summed E-state index contributed by atoms with van der Waals surface area (Å²) in [6, 6.07) is 23.6. The number of fused-ring (bicyclic) bond motifs is 1. The fraction of sp³-hybridized carbons (Fsp3) is 0.0870. The van der Waals surface area contributed by atoms with Crippen LogP contribution in [0.2, 0.25) is 0 Å². The average Bonchev–Trinajstić information content (AvgIpc) is 3.17. The molecule has 0 aliphatic carbocycles. The predicted molar refractivity (Wildman–Crippen MR) is 113 cm³/mol. The molecule has 0 atom stereocenters. The zero-order valence-electron chi connectivity index (χ0n) is 16.0. The molecule has 4 aromatic rings. The third-order valence-corrected chi connectivity index (χ3v) is 4.78. The van der Waals surface area contributed by atoms with Crippen LogP contribution in [0.5, 0.6) is 5.75 Å². The molecule has 150 valence electrons. The molecule has 1 aromatic heterocycles. The van der Waals surface area contributed by atoms with Gasteiger partial charge < -0.3 is 14.6 Å². The molecular formula is C23H19N3O4. The SMILES string of the molecule is O=C(NCc1cccc2c1ccn2Cc1ccccc1)Oc1ccc([N+](=O)[O-])cc1. The Morgan fingerprint density at radius 3 is 2.47 bits per heavy atom. The second-order valence-electron chi connectivity index (χ2n) is 6.77. The van der Waals surface area contributed by atoms with Crippen molar-refractivity contribution in [1.82, 2.24) is 9.88 Å². The molecule has 30 heavy (non-hydrogen) atoms. The molecule has 0 aliphatic rings. The Morgan fingerprint density at radius 1 is 0.967 bits per heavy atom. The number of nitro groups is 1. The third-order valence-electron chi connectivity index (χ3n) is 4.78. The maximum absolute atomic E-state index is 12.1. The van der Waals surface area contributed by atoms with Crippen molar-refractivity contribution in [3.63, 3.8) is 0 Å². The predicted octanol–water partition coefficient (Wildman–Crippen LogP) is 4.89. The number of carbonyl (C=O) groups excluding carboxylic acids is 1. The van der Waals surface area contributed by atoms with Gasteiger partial charge in [0.25, 0.3) is 5.69 Å². The number of hydrogen-bond donors (Lipinski definition) is 1. The summed E-state index contributed by atoms with van der Waals surface area (Å²) in [5, 5.41) is 14.5. The minimum atomic E-state index is -0.621. The van der Waals surface area contributed by atoms with E-state index in [9.17, 15) is 14.9 Å². The summed E-state index contributed by atoms with van der Waals surface area (Å²) < 4.78 is 7.36. The smallest absolute Gasteiger partial charge is 0.410 e. The first-order chi connectivity index (χ1) is 14.6. The minimum absolute atomic E-state index is 0.0607. The number of ether oxygens (including phenoxy) is 1. The number of amides is 1. The first-order valence-corrected chi connectivity index (χ1v) is 9.41. The van der Waals surface area contributed by atoms with Crippen molar-refractivity contribution >= 4 is 22.7 Å². The first-order valence-electron chi connectivity index (χ1n) is 9.41. The van der Waals surface area contributed by atoms with Crippen LogP contribution in [0.4, 0.5) is 10.5 Å². The van der Waals surface area contributed by atoms with Gasteiger partial charge in [0.15, 0.2) is 0 Å². The Hall–Kier alpha value is -4.13. The molecule has 0 spiro atoms. The number of aromatic nitrogens is 1. The number of nitro benzene ring substituents is 1. The van der Waals surface area contributed by atoms with E-state index in [0.717, 1.165) is 23.0 Å². The van der Waals surface area contributed by atoms with Gasteiger partial charge in [0.05, 0.1) is 4.92 Å². The second-order valence-corrected chi connectivity index (χ2v) is 6.77. The number of rotatable bonds is 6. The number of nitrogens with one attached hydrogen (secondary N) is 1. The number of benzene rings is 3. The maximum atomic E-state index is 12.1. The lowest BCUT2D eigenvalue weighted by molar-refractivity contribution is -0.384. The van der Waals surface area contributed by atoms with Gasteiger partial charge in [-0.25, -0.2) is 4.79 Å². The lowest BCUT2D eigenvalue weighted by atomic mass is 10.1. The second kappa shape index (κ2) is 8.48. The first kappa shape index (κ1) is 19.2. The largest absolute Gasteiger partial charge is 0.412 e. The number of hydrogen-bond acceptors (Lipinski definition) is 4. The lowest BCUT2D eigenvalue weighted by Gasteiger charge is -2.09. The van der Waals surface area contributed by atoms with Crippen LogP contribution in [0.1, 0.15) is 11.1 Å². The Kier molecular flexibility index (Phi) is 5.43. The van der Waals surface area contributed by atoms with Crippen molar-refractivity contribution in [2.75, 3.05) is 0 Å². The zero-order valence-corrected chi connectivity index (χ0v) is 16.0. The average molecular weight is 401 g/mol. The van der Waals surface area contributed by atoms with Gasteiger partial charge in [0, 0.05) is 42.3 Å². The Bertz CT molecular complexity index is 1180. The van der Waals surface area contributed by atoms with Gasteiger partial charge in [-0.2, -0.15) is 0 Å². The summed E-state index contributed by atoms with van der Waals surface area (Å²) in [5.74, 6) is 0.241. The number of nitrogens with zero attached hydrogens (tertiary/aromatic N) is 2. The van der Waals surface area contributed by atoms with E-state index in [1.807, 2.05) is 42.6 Å². The summed E-state index contributed by atoms with van der Waals surface area (Å²) in [6.07, 6.45) is 1.42. The molecule has 1 heterocycles. The van der Waals surface area contributed by atoms with Gasteiger partial charge in [0.1, 0.15) is 5.75 Å². The highest BCUT2D eigenvalue weighted by Crippen LogP contribution is 2.22. The molecule has 0 fully saturated rings. The molecule has 1 amide bonds. The van der Waals surface area contributed by atoms with Crippen molar-refractivity contribution in [3.8, 4) is 5.75 Å². The Labute approximate surface area is 172 Å². The summed E-state index contributed by atoms with van der Waals surface area (Å²) in [4.78, 5) is 22.3. The maximum Gasteiger partial charge on any atom is 0.412 e. The van der Waals surface area contributed by atoms with Crippen LogP contribution < -0.4 is 10.1 Å². The Balaban J connectivity index is 1.42. The van der Waals surface area contributed by atoms with Gasteiger partial charge in [-0.3, -0.25) is 10.1 Å². The van der Waals surface area contributed by atoms with E-state index < -0.39 is 11.0 Å². The van der Waals surface area contributed by atoms with Crippen molar-refractivity contribution in [1.29, 1.82) is 0 Å². The highest BCUT2D eigenvalue weighted by atomic mass is 16.6. The van der Waals surface area contributed by atoms with Crippen molar-refractivity contribution in [3.05, 3.63) is 106 Å². The van der Waals surface area contributed by atoms with Crippen LogP contribution >= 0.6 is 0 Å². The highest BCUT2D eigenvalue weighted by Gasteiger charge is 2.10. The summed E-state index contributed by atoms with van der Waals surface area (Å²) in [6.45, 7) is 1.07. The van der Waals surface area contributed by atoms with Gasteiger partial charge in [-0.15, -0.1) is 0 Å². The van der Waals surface area contributed by atoms with Crippen LogP contribution in [-0.4, -0.2) is 15.6 Å². The van der Waals surface area contributed by atoms with Crippen molar-refractivity contribution < 1.29 is 14.5 Å². The topological polar surface area (TPSA) is 86.4 Å². The van der Waals surface area contributed by atoms with Gasteiger partial charge >= 0.3 is 6.09 Å². The lowest BCUT2D eigenvalue weighted by Crippen LogP contribution is -2.26. The fourth-order valence-corrected chi connectivity index (χ4v) is 3.31. The summed E-state index contributed by atoms with van der Waals surface area (Å²) >= 11 is 0. The molecule has 0 radical (unpaired) electrons. The van der Waals surface area contributed by atoms with Crippen LogP contribution in [0.3, 0.4) is 0 Å². The molecule has 7 nitrogen and oxygen atoms in total. The highest BCUT2D eigenvalue weighted by molar-refractivity contribution is 5.84. The zero-order chi connectivity index (χ0) is 20.9. The monoisotopic (exact) mass is 401 g/mol. The molecule has 4 rings (SSSR count). The summed E-state index contributed by atoms with van der Waals surface area (Å²) in [7, 11) is 0. The fourth-order valence-electron chi connectivity index (χ4n) is 3.31. The van der Waals surface area contributed by atoms with Crippen LogP contribution in [0.15, 0.2) is 85.1 Å². The van der Waals surface area contributed by atoms with Crippen LogP contribution in [0.25, 0.3) is 10.9 Å². The van der Waals surface area contributed by atoms with Gasteiger partial charge in [-0.05, 0) is 35.4 Å². The van der Waals surface area contributed by atoms with Crippen molar-refractivity contribution in [2.45, 2.75) is 13.1 Å². The molecule has 0 aliphatic heterocycles. The quantitative estimate of drug-likeness (QED) is 0.368. The van der Waals surface area contributed by atoms with E-state index in [0.29, 0.717) is 6.54 Å². The van der Waals surface area contributed by atoms with E-state index in [1.54, 1.807) is 0 Å². The van der Waals surface area contributed by atoms with E-state index in [-0.39, 0.29) is 11.4 Å². The minimum Gasteiger partial charge on any atom is -0.410 e. The molecule has 7 heteroatoms. The van der Waals surface area contributed by atoms with Crippen molar-refractivity contribution in [2.24, 2.45) is 0 Å². The molecule has 0 unspecified atom stereocenters. The van der Waals surface area contributed by atoms with Gasteiger partial charge in [-0.1, -0.05) is 42.5 Å². The third kappa shape index (κ3) is 4.30. The van der Waals surface area contributed by atoms with Crippen LogP contribution in [0, 0.1) is 10.1 Å². The van der Waals surface area contributed by atoms with Crippen LogP contribution in [-0.2, 0) is 13.1 Å². The molecule has 0 saturated heterocycles. The standard InChI is InChI=1S/C23H19N3O4/c27-23(30-20-11-9-19(10-12-20)26(28)29)24-15-18-7-4-8-22-21(18)13-14-25(22)16-17-5-2-1-3-6-17/h1-14H,15-16H2,(H,24,27). The van der Waals surface area contributed by atoms with E-state index >= 15 is 0 Å².